The number of para-hydroxylation sites is 1. The lowest BCUT2D eigenvalue weighted by Crippen LogP contribution is -2.51. The van der Waals surface area contributed by atoms with Gasteiger partial charge in [0, 0.05) is 17.7 Å². The summed E-state index contributed by atoms with van der Waals surface area (Å²) in [6.45, 7) is 6.17. The molecule has 2 unspecified atom stereocenters. The molecule has 6 heteroatoms. The van der Waals surface area contributed by atoms with Gasteiger partial charge in [-0.2, -0.15) is 0 Å². The Kier molecular flexibility index (Phi) is 8.42. The van der Waals surface area contributed by atoms with Gasteiger partial charge >= 0.3 is 0 Å². The molecule has 0 heterocycles. The minimum atomic E-state index is -0.626. The van der Waals surface area contributed by atoms with Crippen molar-refractivity contribution in [3.63, 3.8) is 0 Å². The molecule has 0 fully saturated rings. The molecule has 2 rings (SSSR count). The van der Waals surface area contributed by atoms with Crippen LogP contribution < -0.4 is 15.4 Å². The maximum atomic E-state index is 13.0. The van der Waals surface area contributed by atoms with E-state index in [9.17, 15) is 9.59 Å². The van der Waals surface area contributed by atoms with Gasteiger partial charge in [0.15, 0.2) is 0 Å². The topological polar surface area (TPSA) is 70.7 Å². The summed E-state index contributed by atoms with van der Waals surface area (Å²) in [5.74, 6) is 0.274. The molecule has 30 heavy (non-hydrogen) atoms. The summed E-state index contributed by atoms with van der Waals surface area (Å²) in [7, 11) is 5.56. The van der Waals surface area contributed by atoms with Gasteiger partial charge in [-0.1, -0.05) is 49.7 Å². The monoisotopic (exact) mass is 411 g/mol. The van der Waals surface area contributed by atoms with Gasteiger partial charge in [-0.25, -0.2) is 0 Å². The van der Waals surface area contributed by atoms with Crippen molar-refractivity contribution in [2.45, 2.75) is 32.9 Å². The lowest BCUT2D eigenvalue weighted by Gasteiger charge is -2.28. The molecule has 162 valence electrons. The zero-order valence-electron chi connectivity index (χ0n) is 18.7. The van der Waals surface area contributed by atoms with E-state index in [1.807, 2.05) is 82.2 Å². The number of nitrogens with one attached hydrogen (secondary N) is 2. The SMILES string of the molecule is COc1ccccc1C(CNC(=O)C(NC(=O)c1cccc(C)c1)C(C)C)N(C)C. The molecule has 0 radical (unpaired) electrons. The summed E-state index contributed by atoms with van der Waals surface area (Å²) < 4.78 is 5.48. The van der Waals surface area contributed by atoms with E-state index in [0.29, 0.717) is 12.1 Å². The Hall–Kier alpha value is -2.86. The minimum Gasteiger partial charge on any atom is -0.496 e. The number of methoxy groups -OCH3 is 1. The third-order valence-corrected chi connectivity index (χ3v) is 5.11. The molecule has 2 atom stereocenters. The number of ether oxygens (including phenoxy) is 1. The highest BCUT2D eigenvalue weighted by Crippen LogP contribution is 2.27. The van der Waals surface area contributed by atoms with E-state index in [2.05, 4.69) is 10.6 Å². The third kappa shape index (κ3) is 6.07. The number of amides is 2. The van der Waals surface area contributed by atoms with Gasteiger partial charge < -0.3 is 20.3 Å². The first-order valence-electron chi connectivity index (χ1n) is 10.2. The quantitative estimate of drug-likeness (QED) is 0.665. The Morgan fingerprint density at radius 3 is 2.37 bits per heavy atom. The predicted octanol–water partition coefficient (Wildman–Crippen LogP) is 3.18. The molecule has 0 aromatic heterocycles. The van der Waals surface area contributed by atoms with Crippen LogP contribution in [0.25, 0.3) is 0 Å². The average molecular weight is 412 g/mol. The average Bonchev–Trinajstić information content (AvgIpc) is 2.71. The van der Waals surface area contributed by atoms with Crippen LogP contribution in [-0.2, 0) is 4.79 Å². The van der Waals surface area contributed by atoms with Gasteiger partial charge in [0.1, 0.15) is 11.8 Å². The molecule has 2 amide bonds. The summed E-state index contributed by atoms with van der Waals surface area (Å²) in [6, 6.07) is 14.4. The van der Waals surface area contributed by atoms with E-state index in [4.69, 9.17) is 4.74 Å². The van der Waals surface area contributed by atoms with E-state index in [1.54, 1.807) is 13.2 Å². The van der Waals surface area contributed by atoms with Crippen LogP contribution in [0.15, 0.2) is 48.5 Å². The maximum Gasteiger partial charge on any atom is 0.251 e. The molecule has 2 aromatic carbocycles. The molecule has 2 aromatic rings. The fourth-order valence-corrected chi connectivity index (χ4v) is 3.37. The zero-order chi connectivity index (χ0) is 22.3. The molecule has 0 aliphatic rings. The predicted molar refractivity (Wildman–Crippen MR) is 120 cm³/mol. The molecule has 6 nitrogen and oxygen atoms in total. The molecule has 0 aliphatic carbocycles. The Balaban J connectivity index is 2.10. The highest BCUT2D eigenvalue weighted by Gasteiger charge is 2.26. The van der Waals surface area contributed by atoms with E-state index >= 15 is 0 Å². The standard InChI is InChI=1S/C24H33N3O3/c1-16(2)22(26-23(28)18-11-9-10-17(3)14-18)24(29)25-15-20(27(4)5)19-12-7-8-13-21(19)30-6/h7-14,16,20,22H,15H2,1-6H3,(H,25,29)(H,26,28). The van der Waals surface area contributed by atoms with Crippen molar-refractivity contribution in [3.05, 3.63) is 65.2 Å². The second kappa shape index (κ2) is 10.8. The number of hydrogen-bond acceptors (Lipinski definition) is 4. The Bertz CT molecular complexity index is 864. The van der Waals surface area contributed by atoms with Crippen molar-refractivity contribution in [1.82, 2.24) is 15.5 Å². The Labute approximate surface area is 179 Å². The molecule has 0 saturated carbocycles. The molecule has 2 N–H and O–H groups in total. The fraction of sp³-hybridized carbons (Fsp3) is 0.417. The van der Waals surface area contributed by atoms with Gasteiger partial charge in [-0.15, -0.1) is 0 Å². The van der Waals surface area contributed by atoms with Crippen LogP contribution in [0.4, 0.5) is 0 Å². The van der Waals surface area contributed by atoms with E-state index in [-0.39, 0.29) is 23.8 Å². The first-order valence-corrected chi connectivity index (χ1v) is 10.2. The third-order valence-electron chi connectivity index (χ3n) is 5.11. The summed E-state index contributed by atoms with van der Waals surface area (Å²) in [5.41, 5.74) is 2.54. The number of benzene rings is 2. The van der Waals surface area contributed by atoms with Crippen LogP contribution in [0.3, 0.4) is 0 Å². The van der Waals surface area contributed by atoms with Crippen LogP contribution in [0.2, 0.25) is 0 Å². The van der Waals surface area contributed by atoms with Crippen molar-refractivity contribution < 1.29 is 14.3 Å². The first-order chi connectivity index (χ1) is 14.2. The molecule has 0 saturated heterocycles. The van der Waals surface area contributed by atoms with E-state index < -0.39 is 6.04 Å². The number of hydrogen-bond donors (Lipinski definition) is 2. The second-order valence-corrected chi connectivity index (χ2v) is 8.03. The molecule has 0 spiro atoms. The van der Waals surface area contributed by atoms with Crippen molar-refractivity contribution in [1.29, 1.82) is 0 Å². The van der Waals surface area contributed by atoms with Crippen molar-refractivity contribution in [2.24, 2.45) is 5.92 Å². The first kappa shape index (κ1) is 23.4. The Morgan fingerprint density at radius 2 is 1.77 bits per heavy atom. The van der Waals surface area contributed by atoms with Crippen LogP contribution in [0.5, 0.6) is 5.75 Å². The summed E-state index contributed by atoms with van der Waals surface area (Å²) >= 11 is 0. The zero-order valence-corrected chi connectivity index (χ0v) is 18.7. The molecular formula is C24H33N3O3. The second-order valence-electron chi connectivity index (χ2n) is 8.03. The van der Waals surface area contributed by atoms with E-state index in [0.717, 1.165) is 16.9 Å². The molecule has 0 aliphatic heterocycles. The lowest BCUT2D eigenvalue weighted by atomic mass is 10.0. The number of likely N-dealkylation sites (N-methyl/N-ethyl adjacent to an activating group) is 1. The smallest absolute Gasteiger partial charge is 0.251 e. The summed E-state index contributed by atoms with van der Waals surface area (Å²) in [5, 5.41) is 5.90. The van der Waals surface area contributed by atoms with Gasteiger partial charge in [0.25, 0.3) is 5.91 Å². The van der Waals surface area contributed by atoms with Gasteiger partial charge in [-0.05, 0) is 45.1 Å². The van der Waals surface area contributed by atoms with Crippen LogP contribution >= 0.6 is 0 Å². The van der Waals surface area contributed by atoms with Crippen LogP contribution in [0, 0.1) is 12.8 Å². The molecular weight excluding hydrogens is 378 g/mol. The van der Waals surface area contributed by atoms with Crippen molar-refractivity contribution >= 4 is 11.8 Å². The number of carbonyl (C=O) groups is 2. The fourth-order valence-electron chi connectivity index (χ4n) is 3.37. The number of aryl methyl sites for hydroxylation is 1. The lowest BCUT2D eigenvalue weighted by molar-refractivity contribution is -0.124. The maximum absolute atomic E-state index is 13.0. The summed E-state index contributed by atoms with van der Waals surface area (Å²) in [6.07, 6.45) is 0. The normalized spacial score (nSPS) is 13.1. The van der Waals surface area contributed by atoms with Crippen LogP contribution in [0.1, 0.15) is 41.4 Å². The largest absolute Gasteiger partial charge is 0.496 e. The van der Waals surface area contributed by atoms with Gasteiger partial charge in [0.2, 0.25) is 5.91 Å². The van der Waals surface area contributed by atoms with Gasteiger partial charge in [0.05, 0.1) is 13.2 Å². The highest BCUT2D eigenvalue weighted by molar-refractivity contribution is 5.97. The van der Waals surface area contributed by atoms with Gasteiger partial charge in [-0.3, -0.25) is 9.59 Å². The minimum absolute atomic E-state index is 0.0529. The summed E-state index contributed by atoms with van der Waals surface area (Å²) in [4.78, 5) is 27.6. The highest BCUT2D eigenvalue weighted by atomic mass is 16.5. The number of carbonyl (C=O) groups excluding carboxylic acids is 2. The number of rotatable bonds is 9. The number of nitrogens with zero attached hydrogens (tertiary/aromatic N) is 1. The van der Waals surface area contributed by atoms with Crippen molar-refractivity contribution in [3.8, 4) is 5.75 Å². The van der Waals surface area contributed by atoms with Crippen LogP contribution in [-0.4, -0.2) is 50.5 Å². The molecule has 0 bridgehead atoms. The van der Waals surface area contributed by atoms with Crippen molar-refractivity contribution in [2.75, 3.05) is 27.7 Å². The Morgan fingerprint density at radius 1 is 1.07 bits per heavy atom. The van der Waals surface area contributed by atoms with E-state index in [1.165, 1.54) is 0 Å².